The minimum atomic E-state index is -3.58. The summed E-state index contributed by atoms with van der Waals surface area (Å²) in [5.74, 6) is 0.282. The van der Waals surface area contributed by atoms with E-state index in [1.807, 2.05) is 30.3 Å². The summed E-state index contributed by atoms with van der Waals surface area (Å²) in [6.45, 7) is 0. The lowest BCUT2D eigenvalue weighted by molar-refractivity contribution is 0.595. The van der Waals surface area contributed by atoms with Crippen LogP contribution in [-0.4, -0.2) is 14.5 Å². The molecule has 1 N–H and O–H groups in total. The summed E-state index contributed by atoms with van der Waals surface area (Å²) in [5.41, 5.74) is 1.16. The zero-order valence-electron chi connectivity index (χ0n) is 7.35. The number of benzene rings is 1. The molecule has 0 heterocycles. The topological polar surface area (TPSA) is 46.2 Å². The summed E-state index contributed by atoms with van der Waals surface area (Å²) in [7, 11) is 1.50. The van der Waals surface area contributed by atoms with E-state index in [9.17, 15) is 8.42 Å². The largest absolute Gasteiger partial charge is 0.297 e. The van der Waals surface area contributed by atoms with Gasteiger partial charge in [0, 0.05) is 22.6 Å². The van der Waals surface area contributed by atoms with Gasteiger partial charge < -0.3 is 0 Å². The van der Waals surface area contributed by atoms with E-state index in [1.54, 1.807) is 0 Å². The number of hydrogen-bond acceptors (Lipinski definition) is 2. The van der Waals surface area contributed by atoms with E-state index in [2.05, 4.69) is 4.72 Å². The number of nitrogens with one attached hydrogen (secondary N) is 1. The van der Waals surface area contributed by atoms with E-state index in [-0.39, 0.29) is 12.0 Å². The monoisotopic (exact) mass is 231 g/mol. The first kappa shape index (κ1) is 9.96. The molecule has 1 aromatic carbocycles. The zero-order chi connectivity index (χ0) is 10.2. The predicted octanol–water partition coefficient (Wildman–Crippen LogP) is 1.62. The molecule has 1 aromatic rings. The molecular formula is C9H10ClNO2S. The Morgan fingerprint density at radius 1 is 1.29 bits per heavy atom. The van der Waals surface area contributed by atoms with Gasteiger partial charge in [0.25, 0.3) is 9.24 Å². The minimum absolute atomic E-state index is 0.0279. The maximum absolute atomic E-state index is 10.7. The molecule has 2 atom stereocenters. The predicted molar refractivity (Wildman–Crippen MR) is 55.5 cm³/mol. The minimum Gasteiger partial charge on any atom is -0.198 e. The lowest BCUT2D eigenvalue weighted by Gasteiger charge is -1.99. The van der Waals surface area contributed by atoms with E-state index >= 15 is 0 Å². The molecule has 0 spiro atoms. The molecule has 76 valence electrons. The first-order valence-corrected chi connectivity index (χ1v) is 6.64. The molecule has 1 saturated carbocycles. The van der Waals surface area contributed by atoms with Crippen molar-refractivity contribution in [2.75, 3.05) is 0 Å². The second-order valence-electron chi connectivity index (χ2n) is 3.42. The van der Waals surface area contributed by atoms with Crippen molar-refractivity contribution < 1.29 is 8.42 Å². The molecule has 0 aliphatic heterocycles. The Labute approximate surface area is 87.6 Å². The Kier molecular flexibility index (Phi) is 2.51. The fraction of sp³-hybridized carbons (Fsp3) is 0.333. The maximum atomic E-state index is 10.7. The van der Waals surface area contributed by atoms with Gasteiger partial charge in [-0.3, -0.25) is 0 Å². The number of hydrogen-bond donors (Lipinski definition) is 1. The Bertz CT molecular complexity index is 418. The van der Waals surface area contributed by atoms with Crippen molar-refractivity contribution in [3.8, 4) is 0 Å². The van der Waals surface area contributed by atoms with Crippen LogP contribution in [-0.2, 0) is 9.24 Å². The van der Waals surface area contributed by atoms with Crippen LogP contribution in [0.5, 0.6) is 0 Å². The van der Waals surface area contributed by atoms with Crippen LogP contribution < -0.4 is 4.72 Å². The molecule has 0 amide bonds. The quantitative estimate of drug-likeness (QED) is 0.804. The lowest BCUT2D eigenvalue weighted by Crippen LogP contribution is -2.21. The second kappa shape index (κ2) is 3.53. The van der Waals surface area contributed by atoms with Crippen molar-refractivity contribution in [3.63, 3.8) is 0 Å². The van der Waals surface area contributed by atoms with E-state index < -0.39 is 9.24 Å². The van der Waals surface area contributed by atoms with Crippen LogP contribution in [0.3, 0.4) is 0 Å². The highest BCUT2D eigenvalue weighted by Gasteiger charge is 2.40. The fourth-order valence-corrected chi connectivity index (χ4v) is 2.54. The highest BCUT2D eigenvalue weighted by atomic mass is 35.7. The van der Waals surface area contributed by atoms with Crippen molar-refractivity contribution in [2.24, 2.45) is 0 Å². The molecule has 3 nitrogen and oxygen atoms in total. The molecule has 2 rings (SSSR count). The molecule has 0 bridgehead atoms. The van der Waals surface area contributed by atoms with Gasteiger partial charge in [-0.05, 0) is 12.0 Å². The van der Waals surface area contributed by atoms with Gasteiger partial charge in [-0.1, -0.05) is 30.3 Å². The van der Waals surface area contributed by atoms with Gasteiger partial charge in [0.15, 0.2) is 0 Å². The maximum Gasteiger partial charge on any atom is 0.297 e. The fourth-order valence-electron chi connectivity index (χ4n) is 1.57. The van der Waals surface area contributed by atoms with Crippen LogP contribution in [0.15, 0.2) is 30.3 Å². The number of halogens is 1. The van der Waals surface area contributed by atoms with E-state index in [4.69, 9.17) is 10.7 Å². The zero-order valence-corrected chi connectivity index (χ0v) is 8.92. The molecule has 0 radical (unpaired) electrons. The van der Waals surface area contributed by atoms with Crippen LogP contribution in [0.2, 0.25) is 0 Å². The van der Waals surface area contributed by atoms with Gasteiger partial charge in [-0.2, -0.15) is 13.1 Å². The Balaban J connectivity index is 2.01. The normalized spacial score (nSPS) is 26.1. The van der Waals surface area contributed by atoms with Crippen LogP contribution >= 0.6 is 10.7 Å². The molecule has 1 fully saturated rings. The third-order valence-electron chi connectivity index (χ3n) is 2.31. The molecule has 0 aromatic heterocycles. The Morgan fingerprint density at radius 2 is 1.93 bits per heavy atom. The Morgan fingerprint density at radius 3 is 2.50 bits per heavy atom. The summed E-state index contributed by atoms with van der Waals surface area (Å²) in [5, 5.41) is 0. The average molecular weight is 232 g/mol. The second-order valence-corrected chi connectivity index (χ2v) is 5.75. The third-order valence-corrected chi connectivity index (χ3v) is 3.16. The molecule has 1 aliphatic carbocycles. The highest BCUT2D eigenvalue weighted by Crippen LogP contribution is 2.41. The van der Waals surface area contributed by atoms with Gasteiger partial charge in [-0.15, -0.1) is 0 Å². The van der Waals surface area contributed by atoms with Crippen molar-refractivity contribution in [2.45, 2.75) is 18.4 Å². The first-order chi connectivity index (χ1) is 6.56. The summed E-state index contributed by atoms with van der Waals surface area (Å²) in [6.07, 6.45) is 0.829. The van der Waals surface area contributed by atoms with Crippen LogP contribution in [0, 0.1) is 0 Å². The van der Waals surface area contributed by atoms with Crippen molar-refractivity contribution >= 4 is 19.9 Å². The summed E-state index contributed by atoms with van der Waals surface area (Å²) < 4.78 is 23.8. The summed E-state index contributed by atoms with van der Waals surface area (Å²) in [6, 6.07) is 9.78. The summed E-state index contributed by atoms with van der Waals surface area (Å²) >= 11 is 0. The molecule has 1 aliphatic rings. The lowest BCUT2D eigenvalue weighted by atomic mass is 10.1. The average Bonchev–Trinajstić information content (AvgIpc) is 2.82. The number of rotatable bonds is 3. The molecular weight excluding hydrogens is 222 g/mol. The van der Waals surface area contributed by atoms with Crippen molar-refractivity contribution in [3.05, 3.63) is 35.9 Å². The van der Waals surface area contributed by atoms with Crippen molar-refractivity contribution in [1.82, 2.24) is 4.72 Å². The van der Waals surface area contributed by atoms with Crippen molar-refractivity contribution in [1.29, 1.82) is 0 Å². The third kappa shape index (κ3) is 2.47. The highest BCUT2D eigenvalue weighted by molar-refractivity contribution is 8.12. The van der Waals surface area contributed by atoms with E-state index in [1.165, 1.54) is 0 Å². The van der Waals surface area contributed by atoms with Crippen LogP contribution in [0.1, 0.15) is 17.9 Å². The first-order valence-electron chi connectivity index (χ1n) is 4.33. The van der Waals surface area contributed by atoms with Crippen LogP contribution in [0.4, 0.5) is 0 Å². The van der Waals surface area contributed by atoms with Gasteiger partial charge in [0.05, 0.1) is 0 Å². The van der Waals surface area contributed by atoms with Gasteiger partial charge in [0.1, 0.15) is 0 Å². The van der Waals surface area contributed by atoms with E-state index in [0.717, 1.165) is 12.0 Å². The standard InChI is InChI=1S/C9H10ClNO2S/c10-14(12,13)11-9-6-8(9)7-4-2-1-3-5-7/h1-5,8-9,11H,6H2. The SMILES string of the molecule is O=S(=O)(Cl)NC1CC1c1ccccc1. The smallest absolute Gasteiger partial charge is 0.198 e. The molecule has 14 heavy (non-hydrogen) atoms. The molecule has 2 unspecified atom stereocenters. The van der Waals surface area contributed by atoms with Gasteiger partial charge in [0.2, 0.25) is 0 Å². The Hall–Kier alpha value is -0.580. The molecule has 0 saturated heterocycles. The summed E-state index contributed by atoms with van der Waals surface area (Å²) in [4.78, 5) is 0. The van der Waals surface area contributed by atoms with Crippen LogP contribution in [0.25, 0.3) is 0 Å². The van der Waals surface area contributed by atoms with Gasteiger partial charge in [-0.25, -0.2) is 0 Å². The van der Waals surface area contributed by atoms with E-state index in [0.29, 0.717) is 0 Å². The molecule has 5 heteroatoms. The van der Waals surface area contributed by atoms with Gasteiger partial charge >= 0.3 is 0 Å².